The summed E-state index contributed by atoms with van der Waals surface area (Å²) in [4.78, 5) is 11.9. The van der Waals surface area contributed by atoms with Crippen molar-refractivity contribution in [3.05, 3.63) is 64.7 Å². The van der Waals surface area contributed by atoms with E-state index in [-0.39, 0.29) is 29.4 Å². The maximum atomic E-state index is 12.3. The average Bonchev–Trinajstić information content (AvgIpc) is 2.58. The van der Waals surface area contributed by atoms with Gasteiger partial charge in [-0.05, 0) is 29.3 Å². The van der Waals surface area contributed by atoms with Crippen molar-refractivity contribution >= 4 is 17.6 Å². The number of carbonyl (C=O) groups is 1. The maximum absolute atomic E-state index is 12.3. The summed E-state index contributed by atoms with van der Waals surface area (Å²) in [7, 11) is 0. The second kappa shape index (κ2) is 9.00. The monoisotopic (exact) mass is 365 g/mol. The first-order valence-electron chi connectivity index (χ1n) is 7.33. The highest BCUT2D eigenvalue weighted by Gasteiger charge is 2.19. The van der Waals surface area contributed by atoms with Gasteiger partial charge in [0.2, 0.25) is 0 Å². The minimum Gasteiger partial charge on any atom is -0.464 e. The van der Waals surface area contributed by atoms with E-state index in [1.54, 1.807) is 24.3 Å². The SMILES string of the molecule is N#CC(COC(=O)Cc1ccccc1)c1cc(OC(F)F)ccc1Cl. The van der Waals surface area contributed by atoms with E-state index in [4.69, 9.17) is 16.3 Å². The van der Waals surface area contributed by atoms with Gasteiger partial charge in [0.15, 0.2) is 0 Å². The molecule has 1 unspecified atom stereocenters. The standard InChI is InChI=1S/C18H14ClF2NO3/c19-16-7-6-14(25-18(20)21)9-15(16)13(10-22)11-24-17(23)8-12-4-2-1-3-5-12/h1-7,9,13,18H,8,11H2. The number of alkyl halides is 2. The van der Waals surface area contributed by atoms with Crippen molar-refractivity contribution in [3.63, 3.8) is 0 Å². The number of benzene rings is 2. The Balaban J connectivity index is 2.02. The van der Waals surface area contributed by atoms with Crippen LogP contribution in [0.2, 0.25) is 5.02 Å². The first-order valence-corrected chi connectivity index (χ1v) is 7.71. The molecule has 0 amide bonds. The van der Waals surface area contributed by atoms with Gasteiger partial charge in [0.25, 0.3) is 0 Å². The van der Waals surface area contributed by atoms with Crippen LogP contribution in [-0.4, -0.2) is 19.2 Å². The largest absolute Gasteiger partial charge is 0.464 e. The number of nitrogens with zero attached hydrogens (tertiary/aromatic N) is 1. The summed E-state index contributed by atoms with van der Waals surface area (Å²) in [6.45, 7) is -3.22. The Morgan fingerprint density at radius 2 is 1.92 bits per heavy atom. The fourth-order valence-electron chi connectivity index (χ4n) is 2.15. The van der Waals surface area contributed by atoms with Crippen molar-refractivity contribution < 1.29 is 23.0 Å². The Morgan fingerprint density at radius 3 is 2.56 bits per heavy atom. The van der Waals surface area contributed by atoms with Crippen molar-refractivity contribution in [2.45, 2.75) is 19.0 Å². The Morgan fingerprint density at radius 1 is 1.20 bits per heavy atom. The molecule has 2 rings (SSSR count). The lowest BCUT2D eigenvalue weighted by Crippen LogP contribution is -2.14. The summed E-state index contributed by atoms with van der Waals surface area (Å²) >= 11 is 6.02. The topological polar surface area (TPSA) is 59.3 Å². The van der Waals surface area contributed by atoms with E-state index in [0.29, 0.717) is 0 Å². The number of halogens is 3. The zero-order chi connectivity index (χ0) is 18.2. The molecule has 0 heterocycles. The fourth-order valence-corrected chi connectivity index (χ4v) is 2.40. The quantitative estimate of drug-likeness (QED) is 0.685. The third-order valence-electron chi connectivity index (χ3n) is 3.33. The summed E-state index contributed by atoms with van der Waals surface area (Å²) < 4.78 is 34.0. The molecule has 0 aliphatic carbocycles. The molecule has 4 nitrogen and oxygen atoms in total. The summed E-state index contributed by atoms with van der Waals surface area (Å²) in [6.07, 6.45) is 0.0707. The van der Waals surface area contributed by atoms with Crippen LogP contribution in [0.4, 0.5) is 8.78 Å². The first kappa shape index (κ1) is 18.7. The van der Waals surface area contributed by atoms with Gasteiger partial charge in [0, 0.05) is 5.02 Å². The van der Waals surface area contributed by atoms with Gasteiger partial charge in [0.05, 0.1) is 12.5 Å². The van der Waals surface area contributed by atoms with Crippen LogP contribution in [0, 0.1) is 11.3 Å². The van der Waals surface area contributed by atoms with Gasteiger partial charge in [-0.2, -0.15) is 14.0 Å². The van der Waals surface area contributed by atoms with E-state index in [2.05, 4.69) is 4.74 Å². The smallest absolute Gasteiger partial charge is 0.387 e. The Kier molecular flexibility index (Phi) is 6.72. The van der Waals surface area contributed by atoms with Crippen LogP contribution in [0.1, 0.15) is 17.0 Å². The normalized spacial score (nSPS) is 11.6. The summed E-state index contributed by atoms with van der Waals surface area (Å²) in [5.74, 6) is -1.51. The molecule has 0 saturated heterocycles. The number of esters is 1. The number of rotatable bonds is 7. The minimum atomic E-state index is -2.99. The number of hydrogen-bond acceptors (Lipinski definition) is 4. The van der Waals surface area contributed by atoms with Crippen LogP contribution in [0.3, 0.4) is 0 Å². The van der Waals surface area contributed by atoms with Gasteiger partial charge in [-0.25, -0.2) is 0 Å². The number of ether oxygens (including phenoxy) is 2. The summed E-state index contributed by atoms with van der Waals surface area (Å²) in [5, 5.41) is 9.49. The van der Waals surface area contributed by atoms with Crippen LogP contribution < -0.4 is 4.74 Å². The molecule has 0 aliphatic heterocycles. The molecule has 2 aromatic rings. The maximum Gasteiger partial charge on any atom is 0.387 e. The number of nitriles is 1. The van der Waals surface area contributed by atoms with E-state index in [0.717, 1.165) is 5.56 Å². The molecule has 0 N–H and O–H groups in total. The number of hydrogen-bond donors (Lipinski definition) is 0. The minimum absolute atomic E-state index is 0.0707. The Bertz CT molecular complexity index is 763. The molecule has 130 valence electrons. The van der Waals surface area contributed by atoms with Crippen molar-refractivity contribution in [2.75, 3.05) is 6.61 Å². The molecule has 0 aromatic heterocycles. The molecule has 0 saturated carbocycles. The van der Waals surface area contributed by atoms with Gasteiger partial charge in [-0.3, -0.25) is 4.79 Å². The molecule has 2 aromatic carbocycles. The molecule has 25 heavy (non-hydrogen) atoms. The van der Waals surface area contributed by atoms with E-state index in [1.807, 2.05) is 12.1 Å². The second-order valence-corrected chi connectivity index (χ2v) is 5.50. The molecule has 7 heteroatoms. The van der Waals surface area contributed by atoms with Crippen molar-refractivity contribution in [1.82, 2.24) is 0 Å². The highest BCUT2D eigenvalue weighted by atomic mass is 35.5. The van der Waals surface area contributed by atoms with E-state index in [1.165, 1.54) is 18.2 Å². The van der Waals surface area contributed by atoms with Gasteiger partial charge >= 0.3 is 12.6 Å². The molecule has 0 spiro atoms. The molecule has 0 bridgehead atoms. The highest BCUT2D eigenvalue weighted by molar-refractivity contribution is 6.31. The third kappa shape index (κ3) is 5.73. The van der Waals surface area contributed by atoms with Crippen LogP contribution in [0.5, 0.6) is 5.75 Å². The van der Waals surface area contributed by atoms with Crippen molar-refractivity contribution in [3.8, 4) is 11.8 Å². The van der Waals surface area contributed by atoms with Crippen LogP contribution >= 0.6 is 11.6 Å². The summed E-state index contributed by atoms with van der Waals surface area (Å²) in [6, 6.07) is 14.8. The molecule has 0 radical (unpaired) electrons. The zero-order valence-electron chi connectivity index (χ0n) is 13.0. The second-order valence-electron chi connectivity index (χ2n) is 5.09. The van der Waals surface area contributed by atoms with Gasteiger partial charge in [0.1, 0.15) is 18.3 Å². The lowest BCUT2D eigenvalue weighted by atomic mass is 10.0. The van der Waals surface area contributed by atoms with E-state index < -0.39 is 18.5 Å². The third-order valence-corrected chi connectivity index (χ3v) is 3.67. The Hall–Kier alpha value is -2.65. The van der Waals surface area contributed by atoms with Crippen molar-refractivity contribution in [1.29, 1.82) is 5.26 Å². The lowest BCUT2D eigenvalue weighted by Gasteiger charge is -2.14. The van der Waals surface area contributed by atoms with Crippen LogP contribution in [0.25, 0.3) is 0 Å². The molecular formula is C18H14ClF2NO3. The first-order chi connectivity index (χ1) is 12.0. The zero-order valence-corrected chi connectivity index (χ0v) is 13.7. The number of carbonyl (C=O) groups excluding carboxylic acids is 1. The van der Waals surface area contributed by atoms with Gasteiger partial charge in [-0.15, -0.1) is 0 Å². The fraction of sp³-hybridized carbons (Fsp3) is 0.222. The van der Waals surface area contributed by atoms with Gasteiger partial charge < -0.3 is 9.47 Å². The Labute approximate surface area is 148 Å². The lowest BCUT2D eigenvalue weighted by molar-refractivity contribution is -0.143. The van der Waals surface area contributed by atoms with Gasteiger partial charge in [-0.1, -0.05) is 41.9 Å². The van der Waals surface area contributed by atoms with E-state index in [9.17, 15) is 18.8 Å². The van der Waals surface area contributed by atoms with E-state index >= 15 is 0 Å². The predicted octanol–water partition coefficient (Wildman–Crippen LogP) is 4.33. The summed E-state index contributed by atoms with van der Waals surface area (Å²) in [5.41, 5.74) is 1.04. The van der Waals surface area contributed by atoms with Crippen LogP contribution in [0.15, 0.2) is 48.5 Å². The van der Waals surface area contributed by atoms with Crippen LogP contribution in [-0.2, 0) is 16.0 Å². The molecule has 0 aliphatic rings. The predicted molar refractivity (Wildman–Crippen MR) is 87.5 cm³/mol. The highest BCUT2D eigenvalue weighted by Crippen LogP contribution is 2.29. The molecule has 0 fully saturated rings. The average molecular weight is 366 g/mol. The molecule has 1 atom stereocenters. The van der Waals surface area contributed by atoms with Crippen molar-refractivity contribution in [2.24, 2.45) is 0 Å². The molecular weight excluding hydrogens is 352 g/mol.